The monoisotopic (exact) mass is 547 g/mol. The lowest BCUT2D eigenvalue weighted by Crippen LogP contribution is -2.82. The van der Waals surface area contributed by atoms with Crippen molar-refractivity contribution in [2.75, 3.05) is 20.4 Å². The van der Waals surface area contributed by atoms with Crippen molar-refractivity contribution in [3.8, 4) is 11.5 Å². The van der Waals surface area contributed by atoms with Crippen LogP contribution in [0.25, 0.3) is 0 Å². The van der Waals surface area contributed by atoms with Crippen LogP contribution in [0.5, 0.6) is 11.5 Å². The summed E-state index contributed by atoms with van der Waals surface area (Å²) in [7, 11) is 2.32. The molecule has 10 rings (SSSR count). The molecule has 2 saturated heterocycles. The van der Waals surface area contributed by atoms with Crippen molar-refractivity contribution in [3.63, 3.8) is 0 Å². The molecule has 0 radical (unpaired) electrons. The zero-order valence-electron chi connectivity index (χ0n) is 23.8. The highest BCUT2D eigenvalue weighted by atomic mass is 16.7. The highest BCUT2D eigenvalue weighted by Gasteiger charge is 2.81. The molecular formula is C36H37NO4. The number of likely N-dealkylation sites (N-methyl/N-ethyl adjacent to an activating group) is 1. The van der Waals surface area contributed by atoms with Crippen molar-refractivity contribution in [3.05, 3.63) is 107 Å². The van der Waals surface area contributed by atoms with Gasteiger partial charge in [-0.15, -0.1) is 0 Å². The number of hydrogen-bond acceptors (Lipinski definition) is 5. The molecule has 3 heterocycles. The molecule has 3 aromatic rings. The Kier molecular flexibility index (Phi) is 4.92. The third-order valence-corrected chi connectivity index (χ3v) is 11.8. The van der Waals surface area contributed by atoms with Crippen LogP contribution in [0.3, 0.4) is 0 Å². The molecule has 7 aliphatic rings. The lowest BCUT2D eigenvalue weighted by Gasteiger charge is -2.73. The van der Waals surface area contributed by atoms with Crippen LogP contribution in [-0.2, 0) is 34.3 Å². The molecule has 7 atom stereocenters. The van der Waals surface area contributed by atoms with E-state index in [4.69, 9.17) is 18.9 Å². The summed E-state index contributed by atoms with van der Waals surface area (Å²) in [5.41, 5.74) is 4.20. The first-order valence-electron chi connectivity index (χ1n) is 15.2. The fraction of sp³-hybridized carbons (Fsp3) is 0.444. The molecule has 3 fully saturated rings. The van der Waals surface area contributed by atoms with Crippen molar-refractivity contribution in [2.45, 2.75) is 68.0 Å². The van der Waals surface area contributed by atoms with E-state index >= 15 is 0 Å². The zero-order valence-corrected chi connectivity index (χ0v) is 23.8. The van der Waals surface area contributed by atoms with E-state index in [1.807, 2.05) is 6.07 Å². The maximum absolute atomic E-state index is 7.29. The smallest absolute Gasteiger partial charge is 0.166 e. The third kappa shape index (κ3) is 2.97. The van der Waals surface area contributed by atoms with E-state index in [-0.39, 0.29) is 35.2 Å². The van der Waals surface area contributed by atoms with Crippen LogP contribution in [0.1, 0.15) is 42.0 Å². The first-order chi connectivity index (χ1) is 20.0. The first-order valence-corrected chi connectivity index (χ1v) is 15.2. The number of nitrogens with zero attached hydrogens (tertiary/aromatic N) is 1. The van der Waals surface area contributed by atoms with Crippen LogP contribution in [0.15, 0.2) is 84.9 Å². The van der Waals surface area contributed by atoms with E-state index in [0.717, 1.165) is 49.3 Å². The lowest BCUT2D eigenvalue weighted by atomic mass is 9.36. The molecule has 4 bridgehead atoms. The van der Waals surface area contributed by atoms with Gasteiger partial charge in [-0.2, -0.15) is 0 Å². The van der Waals surface area contributed by atoms with Crippen LogP contribution < -0.4 is 9.47 Å². The van der Waals surface area contributed by atoms with Gasteiger partial charge in [-0.25, -0.2) is 0 Å². The summed E-state index contributed by atoms with van der Waals surface area (Å²) in [6.07, 6.45) is 8.84. The van der Waals surface area contributed by atoms with Crippen LogP contribution in [0.4, 0.5) is 0 Å². The van der Waals surface area contributed by atoms with Gasteiger partial charge in [0.1, 0.15) is 25.1 Å². The first kappa shape index (κ1) is 24.5. The maximum atomic E-state index is 7.29. The summed E-state index contributed by atoms with van der Waals surface area (Å²) in [5, 5.41) is 0. The topological polar surface area (TPSA) is 40.2 Å². The summed E-state index contributed by atoms with van der Waals surface area (Å²) in [6.45, 7) is 4.18. The Bertz CT molecular complexity index is 1560. The molecular weight excluding hydrogens is 510 g/mol. The van der Waals surface area contributed by atoms with Crippen molar-refractivity contribution in [1.29, 1.82) is 0 Å². The summed E-state index contributed by atoms with van der Waals surface area (Å²) in [4.78, 5) is 2.62. The Hall–Kier alpha value is -3.12. The predicted octanol–water partition coefficient (Wildman–Crippen LogP) is 5.85. The molecule has 3 aromatic carbocycles. The molecule has 1 saturated carbocycles. The van der Waals surface area contributed by atoms with Crippen molar-refractivity contribution < 1.29 is 18.9 Å². The molecule has 210 valence electrons. The largest absolute Gasteiger partial charge is 0.485 e. The standard InChI is InChI=1S/C36H37NO4/c1-33(20-24-9-5-3-6-10-24)28-21-34-15-16-36(28,40-23-39-33)32-35(34)17-18-37(2)29(34)19-26-13-14-27(31(41-32)30(26)35)38-22-25-11-7-4-8-12-25/h3-16,28-29,32H,17-23H2,1-2H3/t28?,29-,32-,33-,34-,35+,36-/m1/s1. The average molecular weight is 548 g/mol. The molecule has 0 amide bonds. The highest BCUT2D eigenvalue weighted by Crippen LogP contribution is 2.76. The van der Waals surface area contributed by atoms with E-state index in [1.165, 1.54) is 16.7 Å². The molecule has 1 unspecified atom stereocenters. The highest BCUT2D eigenvalue weighted by molar-refractivity contribution is 5.65. The maximum Gasteiger partial charge on any atom is 0.166 e. The number of likely N-dealkylation sites (tertiary alicyclic amines) is 1. The molecule has 5 heteroatoms. The SMILES string of the molecule is CN1CC[C@]23c4c5ccc(OCc6ccccc6)c4O[C@H]2[C@@]24C=C[C@@]3(CC2[C@@](C)(Cc2ccccc2)OCO4)[C@H]1C5. The second-order valence-electron chi connectivity index (χ2n) is 13.5. The Morgan fingerprint density at radius 3 is 2.51 bits per heavy atom. The predicted molar refractivity (Wildman–Crippen MR) is 156 cm³/mol. The lowest BCUT2D eigenvalue weighted by molar-refractivity contribution is -0.337. The number of benzene rings is 3. The van der Waals surface area contributed by atoms with E-state index in [1.54, 1.807) is 0 Å². The number of rotatable bonds is 5. The zero-order chi connectivity index (χ0) is 27.5. The van der Waals surface area contributed by atoms with Gasteiger partial charge in [-0.05, 0) is 62.5 Å². The third-order valence-electron chi connectivity index (χ3n) is 11.8. The van der Waals surface area contributed by atoms with E-state index < -0.39 is 5.60 Å². The van der Waals surface area contributed by atoms with Gasteiger partial charge in [0, 0.05) is 29.4 Å². The van der Waals surface area contributed by atoms with Gasteiger partial charge in [-0.1, -0.05) is 78.9 Å². The van der Waals surface area contributed by atoms with Crippen LogP contribution >= 0.6 is 0 Å². The fourth-order valence-corrected chi connectivity index (χ4v) is 10.0. The van der Waals surface area contributed by atoms with Crippen LogP contribution in [0.2, 0.25) is 0 Å². The molecule has 3 spiro atoms. The second-order valence-corrected chi connectivity index (χ2v) is 13.5. The minimum atomic E-state index is -0.547. The Morgan fingerprint density at radius 1 is 0.927 bits per heavy atom. The summed E-state index contributed by atoms with van der Waals surface area (Å²) in [6, 6.07) is 26.1. The van der Waals surface area contributed by atoms with Gasteiger partial charge >= 0.3 is 0 Å². The van der Waals surface area contributed by atoms with Crippen LogP contribution in [-0.4, -0.2) is 48.6 Å². The van der Waals surface area contributed by atoms with Gasteiger partial charge in [0.15, 0.2) is 11.5 Å². The van der Waals surface area contributed by atoms with Gasteiger partial charge in [0.25, 0.3) is 0 Å². The number of piperidine rings is 1. The average Bonchev–Trinajstić information content (AvgIpc) is 3.37. The van der Waals surface area contributed by atoms with Gasteiger partial charge < -0.3 is 23.8 Å². The minimum Gasteiger partial charge on any atom is -0.485 e. The van der Waals surface area contributed by atoms with E-state index in [0.29, 0.717) is 12.6 Å². The molecule has 3 aliphatic heterocycles. The Balaban J connectivity index is 1.19. The molecule has 0 N–H and O–H groups in total. The Morgan fingerprint density at radius 2 is 1.71 bits per heavy atom. The van der Waals surface area contributed by atoms with Gasteiger partial charge in [-0.3, -0.25) is 0 Å². The Labute approximate surface area is 242 Å². The van der Waals surface area contributed by atoms with Crippen molar-refractivity contribution >= 4 is 0 Å². The molecule has 4 aliphatic carbocycles. The van der Waals surface area contributed by atoms with E-state index in [2.05, 4.69) is 97.8 Å². The van der Waals surface area contributed by atoms with Crippen molar-refractivity contribution in [2.24, 2.45) is 11.3 Å². The molecule has 0 aromatic heterocycles. The number of hydrogen-bond donors (Lipinski definition) is 0. The second kappa shape index (κ2) is 8.25. The summed E-state index contributed by atoms with van der Waals surface area (Å²) < 4.78 is 27.3. The van der Waals surface area contributed by atoms with Crippen molar-refractivity contribution in [1.82, 2.24) is 4.90 Å². The molecule has 41 heavy (non-hydrogen) atoms. The fourth-order valence-electron chi connectivity index (χ4n) is 10.0. The van der Waals surface area contributed by atoms with Gasteiger partial charge in [0.2, 0.25) is 0 Å². The normalized spacial score (nSPS) is 39.1. The summed E-state index contributed by atoms with van der Waals surface area (Å²) >= 11 is 0. The van der Waals surface area contributed by atoms with E-state index in [9.17, 15) is 0 Å². The molecule has 5 nitrogen and oxygen atoms in total. The quantitative estimate of drug-likeness (QED) is 0.375. The summed E-state index contributed by atoms with van der Waals surface area (Å²) in [5.74, 6) is 1.99. The van der Waals surface area contributed by atoms with Crippen LogP contribution in [0, 0.1) is 11.3 Å². The van der Waals surface area contributed by atoms with Gasteiger partial charge in [0.05, 0.1) is 11.0 Å². The number of ether oxygens (including phenoxy) is 4. The minimum absolute atomic E-state index is 0.0462.